The van der Waals surface area contributed by atoms with Gasteiger partial charge < -0.3 is 19.9 Å². The number of amides is 2. The summed E-state index contributed by atoms with van der Waals surface area (Å²) >= 11 is 0. The van der Waals surface area contributed by atoms with Gasteiger partial charge in [-0.05, 0) is 61.4 Å². The van der Waals surface area contributed by atoms with Gasteiger partial charge in [-0.3, -0.25) is 9.59 Å². The first-order valence-corrected chi connectivity index (χ1v) is 12.4. The first kappa shape index (κ1) is 24.5. The molecule has 3 heterocycles. The molecule has 2 aliphatic heterocycles. The highest BCUT2D eigenvalue weighted by Crippen LogP contribution is 2.38. The van der Waals surface area contributed by atoms with Crippen LogP contribution in [0.15, 0.2) is 30.3 Å². The Hall–Kier alpha value is -3.14. The van der Waals surface area contributed by atoms with Crippen molar-refractivity contribution in [3.63, 3.8) is 0 Å². The van der Waals surface area contributed by atoms with E-state index in [4.69, 9.17) is 4.74 Å². The highest BCUT2D eigenvalue weighted by molar-refractivity contribution is 6.07. The van der Waals surface area contributed by atoms with Crippen LogP contribution in [-0.4, -0.2) is 54.0 Å². The average molecular weight is 503 g/mol. The Morgan fingerprint density at radius 1 is 1.11 bits per heavy atom. The first-order valence-electron chi connectivity index (χ1n) is 12.4. The predicted molar refractivity (Wildman–Crippen MR) is 128 cm³/mol. The van der Waals surface area contributed by atoms with Gasteiger partial charge in [0.05, 0.1) is 24.6 Å². The Morgan fingerprint density at radius 2 is 1.83 bits per heavy atom. The molecule has 10 heteroatoms. The number of halogens is 3. The molecule has 2 amide bonds. The second-order valence-electron chi connectivity index (χ2n) is 9.83. The predicted octanol–water partition coefficient (Wildman–Crippen LogP) is 4.72. The summed E-state index contributed by atoms with van der Waals surface area (Å²) < 4.78 is 44.8. The Labute approximate surface area is 207 Å². The van der Waals surface area contributed by atoms with Crippen molar-refractivity contribution >= 4 is 23.2 Å². The molecule has 0 spiro atoms. The minimum absolute atomic E-state index is 0.00326. The van der Waals surface area contributed by atoms with Gasteiger partial charge in [-0.1, -0.05) is 13.0 Å². The van der Waals surface area contributed by atoms with Crippen LogP contribution in [0.4, 0.5) is 24.5 Å². The molecule has 2 aromatic rings. The van der Waals surface area contributed by atoms with E-state index in [2.05, 4.69) is 17.2 Å². The monoisotopic (exact) mass is 502 g/mol. The second kappa shape index (κ2) is 9.72. The lowest BCUT2D eigenvalue weighted by Crippen LogP contribution is -2.38. The van der Waals surface area contributed by atoms with Crippen molar-refractivity contribution in [1.82, 2.24) is 9.88 Å². The van der Waals surface area contributed by atoms with E-state index in [1.807, 2.05) is 15.9 Å². The summed E-state index contributed by atoms with van der Waals surface area (Å²) in [5, 5.41) is 2.77. The SMILES string of the molecule is CC1CCC(N2Cc3cc(NC(=O)c4cccc(C(F)(F)F)n4)c(N4CCOCC4)cc3C2=O)CC1. The molecular weight excluding hydrogens is 473 g/mol. The van der Waals surface area contributed by atoms with E-state index in [9.17, 15) is 22.8 Å². The van der Waals surface area contributed by atoms with E-state index in [1.54, 1.807) is 6.07 Å². The van der Waals surface area contributed by atoms with Crippen LogP contribution in [0.5, 0.6) is 0 Å². The summed E-state index contributed by atoms with van der Waals surface area (Å²) in [5.41, 5.74) is 1.08. The zero-order valence-electron chi connectivity index (χ0n) is 20.1. The van der Waals surface area contributed by atoms with Crippen molar-refractivity contribution in [2.24, 2.45) is 5.92 Å². The fourth-order valence-electron chi connectivity index (χ4n) is 5.29. The third kappa shape index (κ3) is 4.91. The zero-order valence-corrected chi connectivity index (χ0v) is 20.1. The fourth-order valence-corrected chi connectivity index (χ4v) is 5.29. The highest BCUT2D eigenvalue weighted by atomic mass is 19.4. The lowest BCUT2D eigenvalue weighted by Gasteiger charge is -2.33. The quantitative estimate of drug-likeness (QED) is 0.655. The van der Waals surface area contributed by atoms with Crippen molar-refractivity contribution in [2.75, 3.05) is 36.5 Å². The van der Waals surface area contributed by atoms with Crippen LogP contribution in [0, 0.1) is 5.92 Å². The minimum Gasteiger partial charge on any atom is -0.378 e. The average Bonchev–Trinajstić information content (AvgIpc) is 3.19. The van der Waals surface area contributed by atoms with Crippen LogP contribution >= 0.6 is 0 Å². The topological polar surface area (TPSA) is 74.8 Å². The smallest absolute Gasteiger partial charge is 0.378 e. The highest BCUT2D eigenvalue weighted by Gasteiger charge is 2.36. The number of morpholine rings is 1. The van der Waals surface area contributed by atoms with Gasteiger partial charge in [-0.15, -0.1) is 0 Å². The third-order valence-electron chi connectivity index (χ3n) is 7.35. The molecule has 1 saturated heterocycles. The number of anilines is 2. The summed E-state index contributed by atoms with van der Waals surface area (Å²) in [6.07, 6.45) is -0.516. The molecule has 0 bridgehead atoms. The van der Waals surface area contributed by atoms with Gasteiger partial charge in [0.25, 0.3) is 11.8 Å². The number of carbonyl (C=O) groups is 2. The fraction of sp³-hybridized carbons (Fsp3) is 0.500. The van der Waals surface area contributed by atoms with Crippen molar-refractivity contribution in [3.05, 3.63) is 52.8 Å². The van der Waals surface area contributed by atoms with Crippen molar-refractivity contribution < 1.29 is 27.5 Å². The molecule has 192 valence electrons. The van der Waals surface area contributed by atoms with Crippen LogP contribution in [0.3, 0.4) is 0 Å². The maximum absolute atomic E-state index is 13.4. The van der Waals surface area contributed by atoms with Gasteiger partial charge in [0.15, 0.2) is 0 Å². The molecule has 3 aliphatic rings. The molecule has 5 rings (SSSR count). The molecular formula is C26H29F3N4O3. The molecule has 7 nitrogen and oxygen atoms in total. The molecule has 1 aliphatic carbocycles. The van der Waals surface area contributed by atoms with E-state index < -0.39 is 17.8 Å². The molecule has 1 saturated carbocycles. The van der Waals surface area contributed by atoms with E-state index in [0.717, 1.165) is 43.4 Å². The molecule has 1 aromatic heterocycles. The maximum Gasteiger partial charge on any atom is 0.433 e. The Kier molecular flexibility index (Phi) is 6.63. The van der Waals surface area contributed by atoms with Crippen LogP contribution in [0.25, 0.3) is 0 Å². The normalized spacial score (nSPS) is 22.5. The number of alkyl halides is 3. The third-order valence-corrected chi connectivity index (χ3v) is 7.35. The molecule has 2 fully saturated rings. The summed E-state index contributed by atoms with van der Waals surface area (Å²) in [6, 6.07) is 7.04. The standard InChI is InChI=1S/C26H29F3N4O3/c1-16-5-7-18(8-6-16)33-15-17-13-21(22(14-19(17)25(33)35)32-9-11-36-12-10-32)31-24(34)20-3-2-4-23(30-20)26(27,28)29/h2-4,13-14,16,18H,5-12,15H2,1H3,(H,31,34). The molecule has 0 unspecified atom stereocenters. The summed E-state index contributed by atoms with van der Waals surface area (Å²) in [7, 11) is 0. The second-order valence-corrected chi connectivity index (χ2v) is 9.83. The Morgan fingerprint density at radius 3 is 2.53 bits per heavy atom. The molecule has 0 atom stereocenters. The van der Waals surface area contributed by atoms with Gasteiger partial charge >= 0.3 is 6.18 Å². The minimum atomic E-state index is -4.65. The van der Waals surface area contributed by atoms with E-state index >= 15 is 0 Å². The first-order chi connectivity index (χ1) is 17.2. The van der Waals surface area contributed by atoms with Gasteiger partial charge in [0.2, 0.25) is 0 Å². The number of nitrogens with zero attached hydrogens (tertiary/aromatic N) is 3. The summed E-state index contributed by atoms with van der Waals surface area (Å²) in [4.78, 5) is 33.8. The number of aromatic nitrogens is 1. The zero-order chi connectivity index (χ0) is 25.4. The maximum atomic E-state index is 13.4. The van der Waals surface area contributed by atoms with Gasteiger partial charge in [-0.2, -0.15) is 13.2 Å². The number of carbonyl (C=O) groups excluding carboxylic acids is 2. The van der Waals surface area contributed by atoms with E-state index in [1.165, 1.54) is 6.07 Å². The largest absolute Gasteiger partial charge is 0.433 e. The van der Waals surface area contributed by atoms with Gasteiger partial charge in [-0.25, -0.2) is 4.98 Å². The summed E-state index contributed by atoms with van der Waals surface area (Å²) in [6.45, 7) is 4.84. The van der Waals surface area contributed by atoms with Crippen molar-refractivity contribution in [1.29, 1.82) is 0 Å². The van der Waals surface area contributed by atoms with Crippen molar-refractivity contribution in [2.45, 2.75) is 51.4 Å². The number of pyridine rings is 1. The van der Waals surface area contributed by atoms with Crippen LogP contribution < -0.4 is 10.2 Å². The lowest BCUT2D eigenvalue weighted by molar-refractivity contribution is -0.141. The van der Waals surface area contributed by atoms with Crippen LogP contribution in [-0.2, 0) is 17.5 Å². The van der Waals surface area contributed by atoms with E-state index in [-0.39, 0.29) is 17.6 Å². The molecule has 36 heavy (non-hydrogen) atoms. The number of benzene rings is 1. The number of ether oxygens (including phenoxy) is 1. The molecule has 1 N–H and O–H groups in total. The number of rotatable bonds is 4. The lowest BCUT2D eigenvalue weighted by atomic mass is 9.86. The van der Waals surface area contributed by atoms with Crippen LogP contribution in [0.1, 0.15) is 64.7 Å². The van der Waals surface area contributed by atoms with Crippen molar-refractivity contribution in [3.8, 4) is 0 Å². The summed E-state index contributed by atoms with van der Waals surface area (Å²) in [5.74, 6) is -0.0741. The number of nitrogens with one attached hydrogen (secondary N) is 1. The number of hydrogen-bond acceptors (Lipinski definition) is 5. The van der Waals surface area contributed by atoms with Gasteiger partial charge in [0, 0.05) is 31.2 Å². The number of hydrogen-bond donors (Lipinski definition) is 1. The Balaban J connectivity index is 1.45. The Bertz CT molecular complexity index is 1160. The van der Waals surface area contributed by atoms with E-state index in [0.29, 0.717) is 55.7 Å². The van der Waals surface area contributed by atoms with Gasteiger partial charge in [0.1, 0.15) is 11.4 Å². The van der Waals surface area contributed by atoms with Crippen LogP contribution in [0.2, 0.25) is 0 Å². The molecule has 0 radical (unpaired) electrons. The molecule has 1 aromatic carbocycles. The number of fused-ring (bicyclic) bond motifs is 1.